The van der Waals surface area contributed by atoms with Crippen LogP contribution in [0.15, 0.2) is 22.6 Å². The Morgan fingerprint density at radius 1 is 1.38 bits per heavy atom. The minimum absolute atomic E-state index is 0.0798. The molecular formula is C12H10F4N4S. The van der Waals surface area contributed by atoms with Gasteiger partial charge in [0.25, 0.3) is 0 Å². The first-order chi connectivity index (χ1) is 9.79. The van der Waals surface area contributed by atoms with Crippen LogP contribution < -0.4 is 11.2 Å². The number of nitrogens with zero attached hydrogens (tertiary/aromatic N) is 2. The second-order valence-corrected chi connectivity index (χ2v) is 4.96. The molecule has 4 nitrogen and oxygen atoms in total. The molecule has 0 amide bonds. The first-order valence-corrected chi connectivity index (χ1v) is 6.53. The summed E-state index contributed by atoms with van der Waals surface area (Å²) in [5.74, 6) is -0.743. The minimum atomic E-state index is -4.67. The monoisotopic (exact) mass is 318 g/mol. The van der Waals surface area contributed by atoms with Crippen LogP contribution in [0.4, 0.5) is 28.5 Å². The predicted molar refractivity (Wildman–Crippen MR) is 73.9 cm³/mol. The Bertz CT molecular complexity index is 678. The molecular weight excluding hydrogens is 308 g/mol. The van der Waals surface area contributed by atoms with Crippen LogP contribution >= 0.6 is 11.3 Å². The van der Waals surface area contributed by atoms with Gasteiger partial charge in [0.05, 0.1) is 11.8 Å². The minimum Gasteiger partial charge on any atom is -0.383 e. The van der Waals surface area contributed by atoms with E-state index in [1.165, 1.54) is 12.3 Å². The number of nitrogens with one attached hydrogen (secondary N) is 1. The van der Waals surface area contributed by atoms with Gasteiger partial charge in [-0.25, -0.2) is 9.37 Å². The molecule has 0 fully saturated rings. The van der Waals surface area contributed by atoms with Crippen molar-refractivity contribution in [1.29, 1.82) is 0 Å². The molecule has 0 saturated heterocycles. The molecule has 0 saturated carbocycles. The summed E-state index contributed by atoms with van der Waals surface area (Å²) in [6.45, 7) is 1.26. The Hall–Kier alpha value is -2.16. The molecule has 0 bridgehead atoms. The molecule has 2 rings (SSSR count). The molecule has 1 aromatic heterocycles. The summed E-state index contributed by atoms with van der Waals surface area (Å²) in [5, 5.41) is 5.41. The van der Waals surface area contributed by atoms with Crippen LogP contribution in [0.3, 0.4) is 0 Å². The Morgan fingerprint density at radius 3 is 2.67 bits per heavy atom. The molecule has 0 atom stereocenters. The number of benzene rings is 1. The average molecular weight is 318 g/mol. The van der Waals surface area contributed by atoms with E-state index in [0.29, 0.717) is 5.13 Å². The number of thiazole rings is 1. The zero-order chi connectivity index (χ0) is 15.6. The van der Waals surface area contributed by atoms with Gasteiger partial charge in [-0.2, -0.15) is 18.3 Å². The van der Waals surface area contributed by atoms with Crippen molar-refractivity contribution in [2.24, 2.45) is 5.10 Å². The molecule has 0 aliphatic carbocycles. The largest absolute Gasteiger partial charge is 0.417 e. The number of hydrogen-bond donors (Lipinski definition) is 2. The van der Waals surface area contributed by atoms with E-state index in [1.54, 1.807) is 0 Å². The van der Waals surface area contributed by atoms with Crippen LogP contribution in [-0.4, -0.2) is 11.2 Å². The highest BCUT2D eigenvalue weighted by Crippen LogP contribution is 2.35. The van der Waals surface area contributed by atoms with Gasteiger partial charge in [-0.15, -0.1) is 11.3 Å². The predicted octanol–water partition coefficient (Wildman–Crippen LogP) is 3.64. The molecule has 0 aliphatic heterocycles. The van der Waals surface area contributed by atoms with Crippen molar-refractivity contribution in [3.05, 3.63) is 40.0 Å². The zero-order valence-corrected chi connectivity index (χ0v) is 11.5. The van der Waals surface area contributed by atoms with Crippen molar-refractivity contribution in [2.45, 2.75) is 13.1 Å². The number of anilines is 2. The number of aromatic nitrogens is 1. The third-order valence-corrected chi connectivity index (χ3v) is 3.33. The Balaban J connectivity index is 2.33. The number of alkyl halides is 3. The molecule has 2 aromatic rings. The Labute approximate surface area is 121 Å². The van der Waals surface area contributed by atoms with Crippen molar-refractivity contribution < 1.29 is 17.6 Å². The van der Waals surface area contributed by atoms with Gasteiger partial charge in [0.2, 0.25) is 5.13 Å². The fraction of sp³-hybridized carbons (Fsp3) is 0.167. The van der Waals surface area contributed by atoms with Crippen molar-refractivity contribution >= 4 is 28.5 Å². The summed E-state index contributed by atoms with van der Waals surface area (Å²) in [6, 6.07) is 2.04. The van der Waals surface area contributed by atoms with Gasteiger partial charge in [0.1, 0.15) is 11.6 Å². The quantitative estimate of drug-likeness (QED) is 0.516. The molecule has 0 radical (unpaired) electrons. The van der Waals surface area contributed by atoms with E-state index in [4.69, 9.17) is 5.73 Å². The van der Waals surface area contributed by atoms with Crippen LogP contribution in [0.25, 0.3) is 0 Å². The highest BCUT2D eigenvalue weighted by Gasteiger charge is 2.36. The van der Waals surface area contributed by atoms with Gasteiger partial charge >= 0.3 is 6.18 Å². The molecule has 0 aliphatic rings. The smallest absolute Gasteiger partial charge is 0.383 e. The number of halogens is 4. The van der Waals surface area contributed by atoms with Gasteiger partial charge in [-0.3, -0.25) is 5.43 Å². The molecule has 112 valence electrons. The molecule has 21 heavy (non-hydrogen) atoms. The number of nitrogen functional groups attached to an aromatic ring is 1. The van der Waals surface area contributed by atoms with Crippen LogP contribution in [-0.2, 0) is 6.18 Å². The fourth-order valence-electron chi connectivity index (χ4n) is 1.70. The fourth-order valence-corrected chi connectivity index (χ4v) is 2.24. The molecule has 0 unspecified atom stereocenters. The lowest BCUT2D eigenvalue weighted by Crippen LogP contribution is -2.13. The van der Waals surface area contributed by atoms with Crippen molar-refractivity contribution in [2.75, 3.05) is 11.2 Å². The van der Waals surface area contributed by atoms with Gasteiger partial charge in [-0.05, 0) is 18.6 Å². The molecule has 1 heterocycles. The summed E-state index contributed by atoms with van der Waals surface area (Å²) < 4.78 is 52.5. The van der Waals surface area contributed by atoms with Crippen LogP contribution in [0.5, 0.6) is 0 Å². The van der Waals surface area contributed by atoms with Gasteiger partial charge in [-0.1, -0.05) is 6.07 Å². The SMILES string of the molecule is Cc1ccc(F)c(C=NNc2nc(N)cs2)c1C(F)(F)F. The summed E-state index contributed by atoms with van der Waals surface area (Å²) in [5.41, 5.74) is 6.03. The highest BCUT2D eigenvalue weighted by atomic mass is 32.1. The zero-order valence-electron chi connectivity index (χ0n) is 10.7. The Kier molecular flexibility index (Phi) is 4.12. The summed E-state index contributed by atoms with van der Waals surface area (Å²) in [4.78, 5) is 3.81. The third kappa shape index (κ3) is 3.48. The average Bonchev–Trinajstić information content (AvgIpc) is 2.78. The number of rotatable bonds is 3. The van der Waals surface area contributed by atoms with Gasteiger partial charge < -0.3 is 5.73 Å². The highest BCUT2D eigenvalue weighted by molar-refractivity contribution is 7.14. The third-order valence-electron chi connectivity index (χ3n) is 2.56. The number of hydrazone groups is 1. The maximum Gasteiger partial charge on any atom is 0.417 e. The first kappa shape index (κ1) is 15.2. The van der Waals surface area contributed by atoms with E-state index in [9.17, 15) is 17.6 Å². The van der Waals surface area contributed by atoms with Crippen LogP contribution in [0, 0.1) is 12.7 Å². The van der Waals surface area contributed by atoms with E-state index >= 15 is 0 Å². The van der Waals surface area contributed by atoms with Crippen molar-refractivity contribution in [3.8, 4) is 0 Å². The number of hydrogen-bond acceptors (Lipinski definition) is 5. The maximum absolute atomic E-state index is 13.6. The lowest BCUT2D eigenvalue weighted by molar-refractivity contribution is -0.138. The molecule has 0 spiro atoms. The summed E-state index contributed by atoms with van der Waals surface area (Å²) in [6.07, 6.45) is -3.89. The van der Waals surface area contributed by atoms with Gasteiger partial charge in [0.15, 0.2) is 0 Å². The van der Waals surface area contributed by atoms with Crippen molar-refractivity contribution in [3.63, 3.8) is 0 Å². The number of nitrogens with two attached hydrogens (primary N) is 1. The summed E-state index contributed by atoms with van der Waals surface area (Å²) in [7, 11) is 0. The van der Waals surface area contributed by atoms with E-state index in [0.717, 1.165) is 29.7 Å². The van der Waals surface area contributed by atoms with Crippen LogP contribution in [0.1, 0.15) is 16.7 Å². The molecule has 1 aromatic carbocycles. The second-order valence-electron chi connectivity index (χ2n) is 4.10. The molecule has 9 heteroatoms. The van der Waals surface area contributed by atoms with E-state index in [-0.39, 0.29) is 11.4 Å². The first-order valence-electron chi connectivity index (χ1n) is 5.65. The normalized spacial score (nSPS) is 12.0. The maximum atomic E-state index is 13.6. The topological polar surface area (TPSA) is 63.3 Å². The van der Waals surface area contributed by atoms with E-state index in [2.05, 4.69) is 15.5 Å². The summed E-state index contributed by atoms with van der Waals surface area (Å²) >= 11 is 1.12. The number of aryl methyl sites for hydroxylation is 1. The van der Waals surface area contributed by atoms with Gasteiger partial charge in [0, 0.05) is 10.9 Å². The van der Waals surface area contributed by atoms with Crippen LogP contribution in [0.2, 0.25) is 0 Å². The standard InChI is InChI=1S/C12H10F4N4S/c1-6-2-3-8(13)7(10(6)12(14,15)16)4-18-20-11-19-9(17)5-21-11/h2-5H,17H2,1H3,(H,19,20). The lowest BCUT2D eigenvalue weighted by atomic mass is 10.0. The lowest BCUT2D eigenvalue weighted by Gasteiger charge is -2.13. The Morgan fingerprint density at radius 2 is 2.10 bits per heavy atom. The molecule has 3 N–H and O–H groups in total. The van der Waals surface area contributed by atoms with E-state index < -0.39 is 23.1 Å². The van der Waals surface area contributed by atoms with E-state index in [1.807, 2.05) is 0 Å². The van der Waals surface area contributed by atoms with Crippen molar-refractivity contribution in [1.82, 2.24) is 4.98 Å². The second kappa shape index (κ2) is 5.68.